The highest BCUT2D eigenvalue weighted by molar-refractivity contribution is 5.41. The van der Waals surface area contributed by atoms with Crippen LogP contribution >= 0.6 is 0 Å². The van der Waals surface area contributed by atoms with Crippen molar-refractivity contribution in [3.05, 3.63) is 59.7 Å². The second-order valence-corrected chi connectivity index (χ2v) is 4.52. The molecule has 3 nitrogen and oxygen atoms in total. The average molecular weight is 258 g/mol. The highest BCUT2D eigenvalue weighted by Gasteiger charge is 2.03. The molecule has 0 aliphatic carbocycles. The molecular formula is C16H20NO2+. The zero-order valence-electron chi connectivity index (χ0n) is 11.2. The number of phenols is 1. The lowest BCUT2D eigenvalue weighted by Gasteiger charge is -2.06. The first-order valence-corrected chi connectivity index (χ1v) is 6.51. The number of benzene rings is 2. The minimum Gasteiger partial charge on any atom is -0.504 e. The molecule has 0 saturated carbocycles. The maximum Gasteiger partial charge on any atom is 0.160 e. The largest absolute Gasteiger partial charge is 0.504 e. The summed E-state index contributed by atoms with van der Waals surface area (Å²) in [6, 6.07) is 16.0. The van der Waals surface area contributed by atoms with Crippen LogP contribution in [0, 0.1) is 0 Å². The summed E-state index contributed by atoms with van der Waals surface area (Å²) in [6.07, 6.45) is 1.07. The van der Waals surface area contributed by atoms with Crippen LogP contribution in [0.25, 0.3) is 0 Å². The van der Waals surface area contributed by atoms with Gasteiger partial charge in [-0.2, -0.15) is 0 Å². The second kappa shape index (κ2) is 6.81. The minimum atomic E-state index is 0.190. The van der Waals surface area contributed by atoms with Gasteiger partial charge < -0.3 is 15.2 Å². The minimum absolute atomic E-state index is 0.190. The van der Waals surface area contributed by atoms with Crippen LogP contribution < -0.4 is 10.1 Å². The van der Waals surface area contributed by atoms with Crippen LogP contribution in [0.2, 0.25) is 0 Å². The van der Waals surface area contributed by atoms with Gasteiger partial charge in [0.15, 0.2) is 11.5 Å². The number of phenolic OH excluding ortho intramolecular Hbond substituents is 1. The van der Waals surface area contributed by atoms with E-state index in [2.05, 4.69) is 29.6 Å². The van der Waals surface area contributed by atoms with Crippen LogP contribution in [-0.4, -0.2) is 18.8 Å². The Morgan fingerprint density at radius 2 is 1.84 bits per heavy atom. The number of hydrogen-bond donors (Lipinski definition) is 2. The molecule has 0 radical (unpaired) electrons. The summed E-state index contributed by atoms with van der Waals surface area (Å²) < 4.78 is 5.10. The van der Waals surface area contributed by atoms with Gasteiger partial charge in [-0.1, -0.05) is 30.3 Å². The van der Waals surface area contributed by atoms with Gasteiger partial charge in [0, 0.05) is 12.0 Å². The molecule has 0 aliphatic heterocycles. The number of quaternary nitrogens is 1. The lowest BCUT2D eigenvalue weighted by atomic mass is 10.1. The first kappa shape index (κ1) is 13.4. The number of aromatic hydroxyl groups is 1. The molecule has 0 aromatic heterocycles. The predicted octanol–water partition coefficient (Wildman–Crippen LogP) is 1.71. The van der Waals surface area contributed by atoms with E-state index in [1.807, 2.05) is 18.2 Å². The van der Waals surface area contributed by atoms with Gasteiger partial charge in [-0.25, -0.2) is 0 Å². The first-order chi connectivity index (χ1) is 9.29. The van der Waals surface area contributed by atoms with E-state index in [4.69, 9.17) is 4.74 Å². The molecule has 2 aromatic rings. The lowest BCUT2D eigenvalue weighted by Crippen LogP contribution is -2.83. The van der Waals surface area contributed by atoms with Crippen LogP contribution in [0.15, 0.2) is 48.5 Å². The molecule has 0 heterocycles. The normalized spacial score (nSPS) is 10.4. The third-order valence-electron chi connectivity index (χ3n) is 3.10. The van der Waals surface area contributed by atoms with Crippen LogP contribution in [-0.2, 0) is 13.0 Å². The number of ether oxygens (including phenoxy) is 1. The zero-order valence-corrected chi connectivity index (χ0v) is 11.2. The van der Waals surface area contributed by atoms with Gasteiger partial charge in [-0.05, 0) is 23.8 Å². The van der Waals surface area contributed by atoms with E-state index in [-0.39, 0.29) is 5.75 Å². The molecule has 3 heteroatoms. The average Bonchev–Trinajstić information content (AvgIpc) is 2.46. The van der Waals surface area contributed by atoms with Crippen molar-refractivity contribution in [1.82, 2.24) is 0 Å². The van der Waals surface area contributed by atoms with Gasteiger partial charge in [0.25, 0.3) is 0 Å². The van der Waals surface area contributed by atoms with Gasteiger partial charge in [0.05, 0.1) is 13.7 Å². The van der Waals surface area contributed by atoms with Crippen LogP contribution in [0.5, 0.6) is 11.5 Å². The number of nitrogens with two attached hydrogens (primary N) is 1. The quantitative estimate of drug-likeness (QED) is 0.775. The van der Waals surface area contributed by atoms with E-state index < -0.39 is 0 Å². The van der Waals surface area contributed by atoms with Crippen molar-refractivity contribution in [1.29, 1.82) is 0 Å². The van der Waals surface area contributed by atoms with E-state index >= 15 is 0 Å². The number of methoxy groups -OCH3 is 1. The molecule has 2 aromatic carbocycles. The molecule has 100 valence electrons. The maximum absolute atomic E-state index is 9.52. The molecule has 0 saturated heterocycles. The Kier molecular flexibility index (Phi) is 4.81. The standard InChI is InChI=1S/C16H19NO2/c1-19-16-11-14(7-8-15(16)18)12-17-10-9-13-5-3-2-4-6-13/h2-8,11,17-18H,9-10,12H2,1H3/p+1. The molecule has 0 atom stereocenters. The highest BCUT2D eigenvalue weighted by atomic mass is 16.5. The summed E-state index contributed by atoms with van der Waals surface area (Å²) in [5.74, 6) is 0.726. The van der Waals surface area contributed by atoms with E-state index in [1.165, 1.54) is 5.56 Å². The summed E-state index contributed by atoms with van der Waals surface area (Å²) in [6.45, 7) is 1.94. The Labute approximate surface area is 113 Å². The van der Waals surface area contributed by atoms with Crippen molar-refractivity contribution < 1.29 is 15.2 Å². The molecule has 0 unspecified atom stereocenters. The van der Waals surface area contributed by atoms with Crippen molar-refractivity contribution in [2.45, 2.75) is 13.0 Å². The maximum atomic E-state index is 9.52. The number of rotatable bonds is 6. The topological polar surface area (TPSA) is 46.1 Å². The van der Waals surface area contributed by atoms with Crippen molar-refractivity contribution in [2.75, 3.05) is 13.7 Å². The molecule has 0 amide bonds. The Hall–Kier alpha value is -2.00. The van der Waals surface area contributed by atoms with E-state index in [1.54, 1.807) is 13.2 Å². The van der Waals surface area contributed by atoms with Gasteiger partial charge in [0.1, 0.15) is 6.54 Å². The Bertz CT molecular complexity index is 511. The SMILES string of the molecule is COc1cc(C[NH2+]CCc2ccccc2)ccc1O. The fourth-order valence-electron chi connectivity index (χ4n) is 2.03. The molecule has 2 rings (SSSR count). The molecule has 19 heavy (non-hydrogen) atoms. The van der Waals surface area contributed by atoms with Gasteiger partial charge in [-0.15, -0.1) is 0 Å². The summed E-state index contributed by atoms with van der Waals surface area (Å²) in [5, 5.41) is 11.8. The van der Waals surface area contributed by atoms with Gasteiger partial charge in [0.2, 0.25) is 0 Å². The molecule has 3 N–H and O–H groups in total. The fraction of sp³-hybridized carbons (Fsp3) is 0.250. The molecular weight excluding hydrogens is 238 g/mol. The first-order valence-electron chi connectivity index (χ1n) is 6.51. The Balaban J connectivity index is 1.80. The predicted molar refractivity (Wildman–Crippen MR) is 75.3 cm³/mol. The third-order valence-corrected chi connectivity index (χ3v) is 3.10. The van der Waals surface area contributed by atoms with Crippen molar-refractivity contribution in [3.8, 4) is 11.5 Å². The molecule has 0 aliphatic rings. The molecule has 0 spiro atoms. The summed E-state index contributed by atoms with van der Waals surface area (Å²) in [5.41, 5.74) is 2.52. The third kappa shape index (κ3) is 4.00. The molecule has 0 bridgehead atoms. The molecule has 0 fully saturated rings. The van der Waals surface area contributed by atoms with Gasteiger partial charge in [-0.3, -0.25) is 0 Å². The summed E-state index contributed by atoms with van der Waals surface area (Å²) in [7, 11) is 1.57. The van der Waals surface area contributed by atoms with Crippen molar-refractivity contribution >= 4 is 0 Å². The van der Waals surface area contributed by atoms with E-state index in [0.29, 0.717) is 5.75 Å². The van der Waals surface area contributed by atoms with E-state index in [9.17, 15) is 5.11 Å². The van der Waals surface area contributed by atoms with Gasteiger partial charge >= 0.3 is 0 Å². The van der Waals surface area contributed by atoms with Crippen molar-refractivity contribution in [3.63, 3.8) is 0 Å². The lowest BCUT2D eigenvalue weighted by molar-refractivity contribution is -0.670. The van der Waals surface area contributed by atoms with Crippen molar-refractivity contribution in [2.24, 2.45) is 0 Å². The fourth-order valence-corrected chi connectivity index (χ4v) is 2.03. The summed E-state index contributed by atoms with van der Waals surface area (Å²) >= 11 is 0. The monoisotopic (exact) mass is 258 g/mol. The summed E-state index contributed by atoms with van der Waals surface area (Å²) in [4.78, 5) is 0. The zero-order chi connectivity index (χ0) is 13.5. The van der Waals surface area contributed by atoms with E-state index in [0.717, 1.165) is 25.1 Å². The Morgan fingerprint density at radius 3 is 2.58 bits per heavy atom. The number of hydrogen-bond acceptors (Lipinski definition) is 2. The Morgan fingerprint density at radius 1 is 1.05 bits per heavy atom. The smallest absolute Gasteiger partial charge is 0.160 e. The highest BCUT2D eigenvalue weighted by Crippen LogP contribution is 2.25. The van der Waals surface area contributed by atoms with Crippen LogP contribution in [0.1, 0.15) is 11.1 Å². The van der Waals surface area contributed by atoms with Crippen LogP contribution in [0.3, 0.4) is 0 Å². The van der Waals surface area contributed by atoms with Crippen LogP contribution in [0.4, 0.5) is 0 Å². The second-order valence-electron chi connectivity index (χ2n) is 4.52.